The fourth-order valence-electron chi connectivity index (χ4n) is 6.27. The van der Waals surface area contributed by atoms with Gasteiger partial charge in [-0.1, -0.05) is 84.9 Å². The quantitative estimate of drug-likeness (QED) is 0.218. The Kier molecular flexibility index (Phi) is 5.16. The summed E-state index contributed by atoms with van der Waals surface area (Å²) in [7, 11) is 0. The van der Waals surface area contributed by atoms with Crippen LogP contribution in [0.1, 0.15) is 0 Å². The lowest BCUT2D eigenvalue weighted by molar-refractivity contribution is 0.620. The molecule has 0 bridgehead atoms. The van der Waals surface area contributed by atoms with Crippen molar-refractivity contribution in [1.29, 1.82) is 0 Å². The average molecular weight is 553 g/mol. The average Bonchev–Trinajstić information content (AvgIpc) is 3.65. The van der Waals surface area contributed by atoms with E-state index in [1.54, 1.807) is 0 Å². The van der Waals surface area contributed by atoms with Crippen LogP contribution in [0.3, 0.4) is 0 Å². The summed E-state index contributed by atoms with van der Waals surface area (Å²) in [4.78, 5) is 7.20. The normalized spacial score (nSPS) is 11.7. The Balaban J connectivity index is 1.23. The molecule has 2 heterocycles. The van der Waals surface area contributed by atoms with Crippen LogP contribution in [0, 0.1) is 0 Å². The molecule has 0 aliphatic heterocycles. The van der Waals surface area contributed by atoms with E-state index in [-0.39, 0.29) is 0 Å². The molecule has 9 aromatic rings. The Bertz CT molecular complexity index is 2410. The van der Waals surface area contributed by atoms with Crippen molar-refractivity contribution in [1.82, 2.24) is 4.98 Å². The molecular formula is C39H24N2O2. The minimum absolute atomic E-state index is 0.587. The van der Waals surface area contributed by atoms with Crippen molar-refractivity contribution in [2.24, 2.45) is 0 Å². The second-order valence-corrected chi connectivity index (χ2v) is 10.8. The van der Waals surface area contributed by atoms with Gasteiger partial charge < -0.3 is 13.7 Å². The zero-order valence-electron chi connectivity index (χ0n) is 23.1. The summed E-state index contributed by atoms with van der Waals surface area (Å²) in [5.41, 5.74) is 7.34. The Morgan fingerprint density at radius 3 is 2.09 bits per heavy atom. The largest absolute Gasteiger partial charge is 0.456 e. The predicted molar refractivity (Wildman–Crippen MR) is 176 cm³/mol. The van der Waals surface area contributed by atoms with Crippen molar-refractivity contribution < 1.29 is 8.83 Å². The van der Waals surface area contributed by atoms with Gasteiger partial charge in [-0.3, -0.25) is 0 Å². The highest BCUT2D eigenvalue weighted by molar-refractivity contribution is 6.13. The molecule has 4 nitrogen and oxygen atoms in total. The number of aromatic nitrogens is 1. The minimum Gasteiger partial charge on any atom is -0.456 e. The summed E-state index contributed by atoms with van der Waals surface area (Å²) >= 11 is 0. The lowest BCUT2D eigenvalue weighted by atomic mass is 10.0. The minimum atomic E-state index is 0.587. The van der Waals surface area contributed by atoms with E-state index in [9.17, 15) is 0 Å². The molecule has 7 aromatic carbocycles. The third-order valence-electron chi connectivity index (χ3n) is 8.25. The molecule has 0 saturated heterocycles. The molecule has 0 aliphatic rings. The van der Waals surface area contributed by atoms with Crippen LogP contribution >= 0.6 is 0 Å². The van der Waals surface area contributed by atoms with Crippen molar-refractivity contribution in [2.45, 2.75) is 0 Å². The number of para-hydroxylation sites is 1. The number of furan rings is 1. The third-order valence-corrected chi connectivity index (χ3v) is 8.25. The summed E-state index contributed by atoms with van der Waals surface area (Å²) in [6.45, 7) is 0. The molecule has 0 radical (unpaired) electrons. The maximum Gasteiger partial charge on any atom is 0.228 e. The Hall–Kier alpha value is -5.87. The summed E-state index contributed by atoms with van der Waals surface area (Å²) in [5.74, 6) is 0.587. The van der Waals surface area contributed by atoms with Crippen LogP contribution in [0.15, 0.2) is 154 Å². The molecule has 2 aromatic heterocycles. The van der Waals surface area contributed by atoms with Crippen molar-refractivity contribution in [3.05, 3.63) is 146 Å². The van der Waals surface area contributed by atoms with Crippen LogP contribution in [-0.2, 0) is 0 Å². The molecule has 0 fully saturated rings. The second-order valence-electron chi connectivity index (χ2n) is 10.8. The van der Waals surface area contributed by atoms with Gasteiger partial charge in [0.2, 0.25) is 5.89 Å². The van der Waals surface area contributed by atoms with Crippen molar-refractivity contribution in [3.63, 3.8) is 0 Å². The van der Waals surface area contributed by atoms with Crippen LogP contribution in [-0.4, -0.2) is 4.98 Å². The molecule has 0 aliphatic carbocycles. The molecule has 0 amide bonds. The van der Waals surface area contributed by atoms with Gasteiger partial charge in [0.25, 0.3) is 0 Å². The Morgan fingerprint density at radius 2 is 1.21 bits per heavy atom. The number of nitrogens with zero attached hydrogens (tertiary/aromatic N) is 2. The van der Waals surface area contributed by atoms with Crippen molar-refractivity contribution >= 4 is 71.6 Å². The van der Waals surface area contributed by atoms with Gasteiger partial charge in [-0.25, -0.2) is 4.98 Å². The molecule has 202 valence electrons. The first-order valence-corrected chi connectivity index (χ1v) is 14.4. The monoisotopic (exact) mass is 552 g/mol. The number of anilines is 3. The Labute approximate surface area is 247 Å². The second kappa shape index (κ2) is 9.33. The lowest BCUT2D eigenvalue weighted by Crippen LogP contribution is -2.10. The van der Waals surface area contributed by atoms with Gasteiger partial charge in [0.1, 0.15) is 16.7 Å². The van der Waals surface area contributed by atoms with Crippen LogP contribution in [0.25, 0.3) is 66.0 Å². The predicted octanol–water partition coefficient (Wildman–Crippen LogP) is 11.2. The molecule has 4 heteroatoms. The molecule has 0 N–H and O–H groups in total. The van der Waals surface area contributed by atoms with E-state index < -0.39 is 0 Å². The maximum absolute atomic E-state index is 6.51. The first-order chi connectivity index (χ1) is 21.3. The highest BCUT2D eigenvalue weighted by atomic mass is 16.3. The van der Waals surface area contributed by atoms with Gasteiger partial charge in [0, 0.05) is 39.2 Å². The molecule has 43 heavy (non-hydrogen) atoms. The molecule has 0 atom stereocenters. The Morgan fingerprint density at radius 1 is 0.465 bits per heavy atom. The van der Waals surface area contributed by atoms with Crippen molar-refractivity contribution in [3.8, 4) is 11.5 Å². The SMILES string of the molecule is c1ccc(N(c2ccc3c(c2)oc2cccc(-c4nc5cc6ccccc6cc5o4)c23)c2cccc3ccccc23)cc1. The van der Waals surface area contributed by atoms with E-state index in [1.807, 2.05) is 30.3 Å². The van der Waals surface area contributed by atoms with E-state index >= 15 is 0 Å². The van der Waals surface area contributed by atoms with Crippen LogP contribution in [0.4, 0.5) is 17.1 Å². The van der Waals surface area contributed by atoms with Crippen LogP contribution < -0.4 is 4.90 Å². The van der Waals surface area contributed by atoms with Gasteiger partial charge in [-0.2, -0.15) is 0 Å². The molecular weight excluding hydrogens is 528 g/mol. The first kappa shape index (κ1) is 23.8. The zero-order chi connectivity index (χ0) is 28.3. The van der Waals surface area contributed by atoms with E-state index in [0.717, 1.165) is 66.4 Å². The number of oxazole rings is 1. The van der Waals surface area contributed by atoms with Gasteiger partial charge in [0.05, 0.1) is 5.69 Å². The van der Waals surface area contributed by atoms with Crippen molar-refractivity contribution in [2.75, 3.05) is 4.90 Å². The lowest BCUT2D eigenvalue weighted by Gasteiger charge is -2.26. The fraction of sp³-hybridized carbons (Fsp3) is 0. The molecule has 0 unspecified atom stereocenters. The van der Waals surface area contributed by atoms with Crippen LogP contribution in [0.5, 0.6) is 0 Å². The maximum atomic E-state index is 6.51. The number of hydrogen-bond donors (Lipinski definition) is 0. The summed E-state index contributed by atoms with van der Waals surface area (Å²) < 4.78 is 12.9. The number of rotatable bonds is 4. The standard InChI is InChI=1S/C39H24N2O2/c1-2-14-28(15-3-1)41(34-18-8-13-25-10-6-7-16-30(25)34)29-20-21-31-36(24-29)42-35-19-9-17-32(38(31)35)39-40-33-22-26-11-4-5-12-27(26)23-37(33)43-39/h1-24H. The first-order valence-electron chi connectivity index (χ1n) is 14.4. The number of hydrogen-bond acceptors (Lipinski definition) is 4. The summed E-state index contributed by atoms with van der Waals surface area (Å²) in [6, 6.07) is 50.3. The van der Waals surface area contributed by atoms with Gasteiger partial charge in [-0.15, -0.1) is 0 Å². The summed E-state index contributed by atoms with van der Waals surface area (Å²) in [6.07, 6.45) is 0. The van der Waals surface area contributed by atoms with E-state index in [1.165, 1.54) is 10.8 Å². The third kappa shape index (κ3) is 3.81. The smallest absolute Gasteiger partial charge is 0.228 e. The molecule has 0 spiro atoms. The summed E-state index contributed by atoms with van der Waals surface area (Å²) in [5, 5.41) is 6.67. The van der Waals surface area contributed by atoms with E-state index in [0.29, 0.717) is 5.89 Å². The highest BCUT2D eigenvalue weighted by Gasteiger charge is 2.20. The molecule has 9 rings (SSSR count). The van der Waals surface area contributed by atoms with Gasteiger partial charge >= 0.3 is 0 Å². The number of benzene rings is 7. The molecule has 0 saturated carbocycles. The van der Waals surface area contributed by atoms with E-state index in [4.69, 9.17) is 13.8 Å². The van der Waals surface area contributed by atoms with Crippen LogP contribution in [0.2, 0.25) is 0 Å². The number of fused-ring (bicyclic) bond motifs is 6. The topological polar surface area (TPSA) is 42.4 Å². The van der Waals surface area contributed by atoms with Gasteiger partial charge in [0.15, 0.2) is 5.58 Å². The van der Waals surface area contributed by atoms with E-state index in [2.05, 4.69) is 120 Å². The highest BCUT2D eigenvalue weighted by Crippen LogP contribution is 2.43. The zero-order valence-corrected chi connectivity index (χ0v) is 23.1. The van der Waals surface area contributed by atoms with Gasteiger partial charge in [-0.05, 0) is 70.8 Å². The fourth-order valence-corrected chi connectivity index (χ4v) is 6.27.